The summed E-state index contributed by atoms with van der Waals surface area (Å²) >= 11 is 0. The highest BCUT2D eigenvalue weighted by Gasteiger charge is 2.50. The van der Waals surface area contributed by atoms with Crippen LogP contribution in [0.2, 0.25) is 0 Å². The van der Waals surface area contributed by atoms with E-state index < -0.39 is 49.9 Å². The Bertz CT molecular complexity index is 3360. The molecule has 2 aliphatic carbocycles. The van der Waals surface area contributed by atoms with Gasteiger partial charge in [0.15, 0.2) is 5.75 Å². The average Bonchev–Trinajstić information content (AvgIpc) is 3.83. The number of nitrogens with one attached hydrogen (secondary N) is 3. The van der Waals surface area contributed by atoms with Gasteiger partial charge in [0.1, 0.15) is 27.9 Å². The first-order chi connectivity index (χ1) is 38.0. The number of fused-ring (bicyclic) bond motifs is 1. The fraction of sp³-hybridized carbons (Fsp3) is 0.456. The maximum atomic E-state index is 14.9. The molecular formula is C57H68FN9O9S. The van der Waals surface area contributed by atoms with E-state index in [1.807, 2.05) is 16.9 Å². The lowest BCUT2D eigenvalue weighted by atomic mass is 9.59. The number of hydrogen-bond acceptors (Lipinski definition) is 15. The van der Waals surface area contributed by atoms with Crippen molar-refractivity contribution in [3.05, 3.63) is 129 Å². The summed E-state index contributed by atoms with van der Waals surface area (Å²) < 4.78 is 84.2. The largest absolute Gasteiger partial charge is 0.497 e. The second-order valence-electron chi connectivity index (χ2n) is 21.9. The Labute approximate surface area is 452 Å². The molecule has 2 aliphatic heterocycles. The Hall–Kier alpha value is -6.87. The molecule has 3 aromatic heterocycles. The number of carbonyl (C=O) groups excluding carboxylic acids is 1. The summed E-state index contributed by atoms with van der Waals surface area (Å²) in [7, 11) is -5.92. The number of aromatic nitrogens is 3. The highest BCUT2D eigenvalue weighted by molar-refractivity contribution is 7.90. The number of hydrogen-bond donors (Lipinski definition) is 4. The van der Waals surface area contributed by atoms with Gasteiger partial charge in [-0.15, -0.1) is 0 Å². The number of methoxy groups -OCH3 is 2. The smallest absolute Gasteiger partial charge is 0.312 e. The molecule has 18 nitrogen and oxygen atoms in total. The standard InChI is InChI=1S/C57H68FN9O9S/c1-36(2)43-8-6-7-9-44(43)49-35-64(34-38-10-13-41(74-4)14-11-38)24-25-66(49)40-29-57(30-40)20-22-65(23-21-57)39-12-15-45(50(26-39)76-51-28-46-47(58)33-61-52(46)62-55(51)75-5)54(68)63-77(72,73)42-27-48(67(70)71)53(60-32-42)59-31-37-16-18-56(3,69)19-17-37/h6-15,26-28,32-33,36-37,40,49,69H,16-25,29-31,34-35H2,1-5H3,(H,59,60)(H,61,62)(H,63,68)/t37?,49-,56?/m0/s1/i4D3. The maximum Gasteiger partial charge on any atom is 0.312 e. The Balaban J connectivity index is 0.848. The fourth-order valence-electron chi connectivity index (χ4n) is 11.9. The lowest BCUT2D eigenvalue weighted by Gasteiger charge is -2.58. The van der Waals surface area contributed by atoms with Gasteiger partial charge < -0.3 is 34.5 Å². The minimum absolute atomic E-state index is 0.0306. The monoisotopic (exact) mass is 1080 g/mol. The SMILES string of the molecule is [2H]C([2H])([2H])Oc1ccc(CN2CCN(C3CC4(CCN(c5ccc(C(=O)NS(=O)(=O)c6cnc(NCC7CCC(C)(O)CC7)c([N+](=O)[O-])c6)c(Oc6cc7c(F)c[nH]c7nc6OC)c5)CC4)C3)[C@H](c3ccccc3C(C)C)C2)cc1. The Kier molecular flexibility index (Phi) is 14.1. The van der Waals surface area contributed by atoms with Crippen LogP contribution < -0.4 is 29.1 Å². The number of aromatic amines is 1. The molecule has 20 heteroatoms. The lowest BCUT2D eigenvalue weighted by Crippen LogP contribution is -2.60. The van der Waals surface area contributed by atoms with Crippen molar-refractivity contribution in [3.8, 4) is 23.1 Å². The van der Waals surface area contributed by atoms with Crippen LogP contribution in [0.5, 0.6) is 23.1 Å². The van der Waals surface area contributed by atoms with Crippen molar-refractivity contribution in [3.63, 3.8) is 0 Å². The third kappa shape index (κ3) is 11.6. The number of ether oxygens (including phenoxy) is 3. The van der Waals surface area contributed by atoms with Gasteiger partial charge in [0, 0.05) is 88.0 Å². The number of carbonyl (C=O) groups is 1. The van der Waals surface area contributed by atoms with E-state index >= 15 is 0 Å². The molecule has 3 aromatic carbocycles. The van der Waals surface area contributed by atoms with E-state index in [2.05, 4.69) is 73.1 Å². The molecule has 2 saturated heterocycles. The molecular weight excluding hydrogens is 1010 g/mol. The van der Waals surface area contributed by atoms with Crippen LogP contribution >= 0.6 is 0 Å². The normalized spacial score (nSPS) is 22.0. The molecule has 6 aromatic rings. The number of amides is 1. The number of rotatable bonds is 17. The number of anilines is 2. The number of nitrogens with zero attached hydrogens (tertiary/aromatic N) is 6. The van der Waals surface area contributed by atoms with Crippen LogP contribution in [0.3, 0.4) is 0 Å². The first kappa shape index (κ1) is 49.7. The number of H-pyrrole nitrogens is 1. The minimum atomic E-state index is -4.76. The Morgan fingerprint density at radius 2 is 1.75 bits per heavy atom. The van der Waals surface area contributed by atoms with Gasteiger partial charge in [-0.1, -0.05) is 50.2 Å². The van der Waals surface area contributed by atoms with Crippen molar-refractivity contribution in [2.75, 3.05) is 63.6 Å². The molecule has 4 aliphatic rings. The van der Waals surface area contributed by atoms with Gasteiger partial charge in [-0.2, -0.15) is 4.98 Å². The average molecular weight is 1080 g/mol. The van der Waals surface area contributed by atoms with Crippen LogP contribution in [0.1, 0.15) is 115 Å². The van der Waals surface area contributed by atoms with Crippen LogP contribution in [0.15, 0.2) is 96.2 Å². The summed E-state index contributed by atoms with van der Waals surface area (Å²) in [5, 5.41) is 25.7. The van der Waals surface area contributed by atoms with Gasteiger partial charge in [0.2, 0.25) is 5.82 Å². The highest BCUT2D eigenvalue weighted by Crippen LogP contribution is 2.53. The van der Waals surface area contributed by atoms with E-state index in [4.69, 9.17) is 18.3 Å². The fourth-order valence-corrected chi connectivity index (χ4v) is 12.9. The predicted octanol–water partition coefficient (Wildman–Crippen LogP) is 9.72. The molecule has 77 heavy (non-hydrogen) atoms. The van der Waals surface area contributed by atoms with Gasteiger partial charge in [-0.25, -0.2) is 22.5 Å². The molecule has 408 valence electrons. The molecule has 10 rings (SSSR count). The van der Waals surface area contributed by atoms with Crippen molar-refractivity contribution in [2.24, 2.45) is 11.3 Å². The molecule has 2 saturated carbocycles. The van der Waals surface area contributed by atoms with Crippen LogP contribution in [0.25, 0.3) is 11.0 Å². The molecule has 1 atom stereocenters. The second-order valence-corrected chi connectivity index (χ2v) is 23.6. The molecule has 5 heterocycles. The summed E-state index contributed by atoms with van der Waals surface area (Å²) in [6, 6.07) is 23.6. The summed E-state index contributed by atoms with van der Waals surface area (Å²) in [5.41, 5.74) is 3.22. The Morgan fingerprint density at radius 3 is 2.47 bits per heavy atom. The summed E-state index contributed by atoms with van der Waals surface area (Å²) in [5.74, 6) is -1.21. The van der Waals surface area contributed by atoms with Gasteiger partial charge in [-0.3, -0.25) is 24.7 Å². The number of benzene rings is 3. The lowest BCUT2D eigenvalue weighted by molar-refractivity contribution is -0.384. The topological polar surface area (TPSA) is 218 Å². The molecule has 4 fully saturated rings. The number of pyridine rings is 2. The van der Waals surface area contributed by atoms with E-state index in [0.717, 1.165) is 75.9 Å². The van der Waals surface area contributed by atoms with E-state index in [1.165, 1.54) is 30.4 Å². The van der Waals surface area contributed by atoms with Crippen LogP contribution in [0, 0.1) is 27.3 Å². The quantitative estimate of drug-likeness (QED) is 0.0494. The van der Waals surface area contributed by atoms with Gasteiger partial charge in [0.05, 0.1) is 45.9 Å². The molecule has 0 bridgehead atoms. The van der Waals surface area contributed by atoms with Crippen LogP contribution in [0.4, 0.5) is 21.6 Å². The van der Waals surface area contributed by atoms with Crippen molar-refractivity contribution in [1.29, 1.82) is 0 Å². The molecule has 1 spiro atoms. The summed E-state index contributed by atoms with van der Waals surface area (Å²) in [6.07, 6.45) is 8.56. The zero-order chi connectivity index (χ0) is 56.7. The first-order valence-electron chi connectivity index (χ1n) is 27.9. The maximum absolute atomic E-state index is 14.9. The van der Waals surface area contributed by atoms with Crippen LogP contribution in [-0.4, -0.2) is 114 Å². The second kappa shape index (κ2) is 21.9. The van der Waals surface area contributed by atoms with E-state index in [1.54, 1.807) is 31.2 Å². The number of sulfonamides is 1. The summed E-state index contributed by atoms with van der Waals surface area (Å²) in [6.45, 7) is 11.3. The van der Waals surface area contributed by atoms with E-state index in [9.17, 15) is 32.8 Å². The predicted molar refractivity (Wildman–Crippen MR) is 291 cm³/mol. The molecule has 1 amide bonds. The zero-order valence-corrected chi connectivity index (χ0v) is 44.6. The number of aliphatic hydroxyl groups is 1. The third-order valence-corrected chi connectivity index (χ3v) is 17.7. The molecule has 0 radical (unpaired) electrons. The first-order valence-corrected chi connectivity index (χ1v) is 27.8. The van der Waals surface area contributed by atoms with Crippen LogP contribution in [-0.2, 0) is 16.6 Å². The van der Waals surface area contributed by atoms with Crippen molar-refractivity contribution in [1.82, 2.24) is 29.5 Å². The zero-order valence-electron chi connectivity index (χ0n) is 46.8. The van der Waals surface area contributed by atoms with E-state index in [-0.39, 0.29) is 57.2 Å². The number of piperazine rings is 1. The molecule has 0 unspecified atom stereocenters. The number of nitro groups is 1. The summed E-state index contributed by atoms with van der Waals surface area (Å²) in [4.78, 5) is 43.7. The Morgan fingerprint density at radius 1 is 1.00 bits per heavy atom. The highest BCUT2D eigenvalue weighted by atomic mass is 32.2. The number of halogens is 1. The van der Waals surface area contributed by atoms with Gasteiger partial charge in [0.25, 0.3) is 21.8 Å². The van der Waals surface area contributed by atoms with Crippen molar-refractivity contribution in [2.45, 2.75) is 107 Å². The van der Waals surface area contributed by atoms with Gasteiger partial charge >= 0.3 is 5.69 Å². The molecule has 4 N–H and O–H groups in total. The number of piperidine rings is 1. The third-order valence-electron chi connectivity index (χ3n) is 16.4. The minimum Gasteiger partial charge on any atom is -0.497 e. The van der Waals surface area contributed by atoms with Gasteiger partial charge in [-0.05, 0) is 116 Å². The van der Waals surface area contributed by atoms with Crippen molar-refractivity contribution < 1.29 is 46.0 Å². The van der Waals surface area contributed by atoms with Crippen molar-refractivity contribution >= 4 is 44.2 Å². The van der Waals surface area contributed by atoms with E-state index in [0.29, 0.717) is 68.7 Å².